The SMILES string of the molecule is O=C(CN(c1ccncc1)S(=O)(=O)c1ccccc1)Nc1ccc(N2CCOCC2)cc1. The van der Waals surface area contributed by atoms with Crippen LogP contribution in [0.15, 0.2) is 84.0 Å². The van der Waals surface area contributed by atoms with E-state index in [-0.39, 0.29) is 11.4 Å². The van der Waals surface area contributed by atoms with Crippen molar-refractivity contribution in [2.45, 2.75) is 4.90 Å². The Kier molecular flexibility index (Phi) is 6.67. The van der Waals surface area contributed by atoms with Crippen LogP contribution in [0.4, 0.5) is 17.1 Å². The number of nitrogens with zero attached hydrogens (tertiary/aromatic N) is 3. The number of benzene rings is 2. The molecule has 3 aromatic rings. The maximum atomic E-state index is 13.3. The number of ether oxygens (including phenoxy) is 1. The van der Waals surface area contributed by atoms with Crippen molar-refractivity contribution in [3.05, 3.63) is 79.1 Å². The normalized spacial score (nSPS) is 14.1. The van der Waals surface area contributed by atoms with Crippen LogP contribution in [0.5, 0.6) is 0 Å². The van der Waals surface area contributed by atoms with Crippen LogP contribution in [0.3, 0.4) is 0 Å². The molecular weight excluding hydrogens is 428 g/mol. The molecule has 0 bridgehead atoms. The Balaban J connectivity index is 1.50. The molecule has 1 aliphatic rings. The first-order valence-electron chi connectivity index (χ1n) is 10.2. The number of carbonyl (C=O) groups is 1. The average Bonchev–Trinajstić information content (AvgIpc) is 2.84. The summed E-state index contributed by atoms with van der Waals surface area (Å²) in [5.74, 6) is -0.444. The minimum atomic E-state index is -3.94. The molecule has 0 spiro atoms. The quantitative estimate of drug-likeness (QED) is 0.593. The molecule has 4 rings (SSSR count). The number of carbonyl (C=O) groups excluding carboxylic acids is 1. The van der Waals surface area contributed by atoms with Gasteiger partial charge in [-0.2, -0.15) is 0 Å². The second-order valence-corrected chi connectivity index (χ2v) is 9.09. The van der Waals surface area contributed by atoms with Crippen LogP contribution in [0.2, 0.25) is 0 Å². The molecule has 2 aromatic carbocycles. The van der Waals surface area contributed by atoms with E-state index in [0.29, 0.717) is 24.6 Å². The lowest BCUT2D eigenvalue weighted by Gasteiger charge is -2.29. The Bertz CT molecular complexity index is 1130. The zero-order valence-electron chi connectivity index (χ0n) is 17.4. The van der Waals surface area contributed by atoms with Crippen molar-refractivity contribution >= 4 is 33.0 Å². The molecule has 0 radical (unpaired) electrons. The van der Waals surface area contributed by atoms with E-state index in [0.717, 1.165) is 23.1 Å². The Morgan fingerprint density at radius 3 is 2.28 bits per heavy atom. The average molecular weight is 453 g/mol. The fourth-order valence-electron chi connectivity index (χ4n) is 3.45. The summed E-state index contributed by atoms with van der Waals surface area (Å²) in [5, 5.41) is 2.79. The third-order valence-electron chi connectivity index (χ3n) is 5.10. The van der Waals surface area contributed by atoms with E-state index in [9.17, 15) is 13.2 Å². The fourth-order valence-corrected chi connectivity index (χ4v) is 4.90. The monoisotopic (exact) mass is 452 g/mol. The molecule has 0 aliphatic carbocycles. The van der Waals surface area contributed by atoms with Gasteiger partial charge in [-0.15, -0.1) is 0 Å². The van der Waals surface area contributed by atoms with Gasteiger partial charge in [0.15, 0.2) is 0 Å². The van der Waals surface area contributed by atoms with Crippen molar-refractivity contribution in [1.29, 1.82) is 0 Å². The van der Waals surface area contributed by atoms with Crippen molar-refractivity contribution in [2.75, 3.05) is 47.4 Å². The maximum absolute atomic E-state index is 13.3. The van der Waals surface area contributed by atoms with Crippen LogP contribution in [-0.4, -0.2) is 52.2 Å². The van der Waals surface area contributed by atoms with Gasteiger partial charge in [0, 0.05) is 36.9 Å². The molecule has 0 saturated carbocycles. The number of sulfonamides is 1. The second kappa shape index (κ2) is 9.80. The van der Waals surface area contributed by atoms with Crippen molar-refractivity contribution in [1.82, 2.24) is 4.98 Å². The molecule has 2 heterocycles. The van der Waals surface area contributed by atoms with Crippen LogP contribution in [0.1, 0.15) is 0 Å². The Labute approximate surface area is 187 Å². The van der Waals surface area contributed by atoms with Gasteiger partial charge in [0.25, 0.3) is 10.0 Å². The summed E-state index contributed by atoms with van der Waals surface area (Å²) < 4.78 is 33.0. The highest BCUT2D eigenvalue weighted by molar-refractivity contribution is 7.92. The molecule has 9 heteroatoms. The number of hydrogen-bond donors (Lipinski definition) is 1. The van der Waals surface area contributed by atoms with Crippen molar-refractivity contribution in [3.8, 4) is 0 Å². The summed E-state index contributed by atoms with van der Waals surface area (Å²) in [6.07, 6.45) is 2.98. The van der Waals surface area contributed by atoms with Gasteiger partial charge >= 0.3 is 0 Å². The minimum Gasteiger partial charge on any atom is -0.378 e. The van der Waals surface area contributed by atoms with Gasteiger partial charge in [-0.3, -0.25) is 14.1 Å². The number of nitrogens with one attached hydrogen (secondary N) is 1. The number of hydrogen-bond acceptors (Lipinski definition) is 6. The number of aromatic nitrogens is 1. The van der Waals surface area contributed by atoms with Crippen LogP contribution in [-0.2, 0) is 19.6 Å². The fraction of sp³-hybridized carbons (Fsp3) is 0.217. The molecule has 32 heavy (non-hydrogen) atoms. The molecule has 166 valence electrons. The van der Waals surface area contributed by atoms with E-state index in [1.165, 1.54) is 24.5 Å². The lowest BCUT2D eigenvalue weighted by molar-refractivity contribution is -0.114. The second-order valence-electron chi connectivity index (χ2n) is 7.22. The lowest BCUT2D eigenvalue weighted by Crippen LogP contribution is -2.38. The van der Waals surface area contributed by atoms with Gasteiger partial charge in [-0.25, -0.2) is 8.42 Å². The molecule has 0 unspecified atom stereocenters. The molecule has 8 nitrogen and oxygen atoms in total. The van der Waals surface area contributed by atoms with E-state index in [1.807, 2.05) is 24.3 Å². The van der Waals surface area contributed by atoms with E-state index in [1.54, 1.807) is 30.3 Å². The summed E-state index contributed by atoms with van der Waals surface area (Å²) in [7, 11) is -3.94. The van der Waals surface area contributed by atoms with Crippen molar-refractivity contribution in [2.24, 2.45) is 0 Å². The summed E-state index contributed by atoms with van der Waals surface area (Å²) in [6, 6.07) is 18.7. The van der Waals surface area contributed by atoms with Crippen LogP contribution >= 0.6 is 0 Å². The highest BCUT2D eigenvalue weighted by Gasteiger charge is 2.27. The standard InChI is InChI=1S/C23H24N4O4S/c28-23(25-19-6-8-20(9-7-19)26-14-16-31-17-15-26)18-27(21-10-12-24-13-11-21)32(29,30)22-4-2-1-3-5-22/h1-13H,14-18H2,(H,25,28). The Hall–Kier alpha value is -3.43. The predicted octanol–water partition coefficient (Wildman–Crippen LogP) is 2.75. The number of pyridine rings is 1. The highest BCUT2D eigenvalue weighted by Crippen LogP contribution is 2.23. The summed E-state index contributed by atoms with van der Waals surface area (Å²) >= 11 is 0. The van der Waals surface area contributed by atoms with Gasteiger partial charge in [0.1, 0.15) is 6.54 Å². The first-order chi connectivity index (χ1) is 15.5. The smallest absolute Gasteiger partial charge is 0.264 e. The van der Waals surface area contributed by atoms with Gasteiger partial charge in [-0.1, -0.05) is 18.2 Å². The summed E-state index contributed by atoms with van der Waals surface area (Å²) in [6.45, 7) is 2.67. The molecule has 1 aliphatic heterocycles. The van der Waals surface area contributed by atoms with Crippen LogP contribution in [0, 0.1) is 0 Å². The lowest BCUT2D eigenvalue weighted by atomic mass is 10.2. The predicted molar refractivity (Wildman–Crippen MR) is 123 cm³/mol. The van der Waals surface area contributed by atoms with Crippen molar-refractivity contribution in [3.63, 3.8) is 0 Å². The van der Waals surface area contributed by atoms with Crippen LogP contribution < -0.4 is 14.5 Å². The topological polar surface area (TPSA) is 91.8 Å². The summed E-state index contributed by atoms with van der Waals surface area (Å²) in [4.78, 5) is 19.1. The first-order valence-corrected chi connectivity index (χ1v) is 11.7. The largest absolute Gasteiger partial charge is 0.378 e. The molecule has 1 amide bonds. The zero-order chi connectivity index (χ0) is 22.4. The van der Waals surface area contributed by atoms with Crippen molar-refractivity contribution < 1.29 is 17.9 Å². The Morgan fingerprint density at radius 2 is 1.62 bits per heavy atom. The molecule has 1 aromatic heterocycles. The van der Waals surface area contributed by atoms with Crippen LogP contribution in [0.25, 0.3) is 0 Å². The maximum Gasteiger partial charge on any atom is 0.264 e. The zero-order valence-corrected chi connectivity index (χ0v) is 18.2. The number of morpholine rings is 1. The minimum absolute atomic E-state index is 0.111. The number of anilines is 3. The first kappa shape index (κ1) is 21.8. The van der Waals surface area contributed by atoms with Gasteiger partial charge in [0.05, 0.1) is 23.8 Å². The molecule has 1 saturated heterocycles. The highest BCUT2D eigenvalue weighted by atomic mass is 32.2. The molecule has 0 atom stereocenters. The third-order valence-corrected chi connectivity index (χ3v) is 6.88. The van der Waals surface area contributed by atoms with Gasteiger partial charge < -0.3 is 15.0 Å². The van der Waals surface area contributed by atoms with E-state index >= 15 is 0 Å². The molecular formula is C23H24N4O4S. The van der Waals surface area contributed by atoms with E-state index in [4.69, 9.17) is 4.74 Å². The number of rotatable bonds is 7. The van der Waals surface area contributed by atoms with Gasteiger partial charge in [-0.05, 0) is 48.5 Å². The van der Waals surface area contributed by atoms with Gasteiger partial charge in [0.2, 0.25) is 5.91 Å². The number of amides is 1. The summed E-state index contributed by atoms with van der Waals surface area (Å²) in [5.41, 5.74) is 2.01. The molecule has 1 N–H and O–H groups in total. The van der Waals surface area contributed by atoms with E-state index < -0.39 is 15.9 Å². The van der Waals surface area contributed by atoms with E-state index in [2.05, 4.69) is 15.2 Å². The Morgan fingerprint density at radius 1 is 0.969 bits per heavy atom. The third kappa shape index (κ3) is 5.06. The molecule has 1 fully saturated rings.